The fraction of sp³-hybridized carbons (Fsp3) is 0.647. The van der Waals surface area contributed by atoms with Gasteiger partial charge in [0.05, 0.1) is 7.11 Å². The van der Waals surface area contributed by atoms with Crippen LogP contribution in [-0.4, -0.2) is 63.7 Å². The molecule has 0 saturated carbocycles. The molecule has 1 N–H and O–H groups in total. The molecular formula is C17H29N3O. The van der Waals surface area contributed by atoms with Gasteiger partial charge in [0, 0.05) is 24.2 Å². The van der Waals surface area contributed by atoms with Gasteiger partial charge in [0.2, 0.25) is 0 Å². The van der Waals surface area contributed by atoms with Gasteiger partial charge < -0.3 is 19.9 Å². The molecule has 1 aromatic carbocycles. The number of nitrogens with one attached hydrogen (secondary N) is 1. The molecule has 118 valence electrons. The second-order valence-corrected chi connectivity index (χ2v) is 6.08. The molecule has 2 rings (SSSR count). The van der Waals surface area contributed by atoms with Crippen LogP contribution in [0.4, 0.5) is 0 Å². The largest absolute Gasteiger partial charge is 0.496 e. The summed E-state index contributed by atoms with van der Waals surface area (Å²) in [5.74, 6) is 0.972. The van der Waals surface area contributed by atoms with E-state index in [1.54, 1.807) is 7.11 Å². The molecule has 21 heavy (non-hydrogen) atoms. The van der Waals surface area contributed by atoms with E-state index in [4.69, 9.17) is 4.74 Å². The van der Waals surface area contributed by atoms with Gasteiger partial charge >= 0.3 is 0 Å². The molecule has 1 aliphatic heterocycles. The highest BCUT2D eigenvalue weighted by molar-refractivity contribution is 5.36. The molecule has 0 spiro atoms. The summed E-state index contributed by atoms with van der Waals surface area (Å²) in [5.41, 5.74) is 1.25. The van der Waals surface area contributed by atoms with E-state index >= 15 is 0 Å². The van der Waals surface area contributed by atoms with Gasteiger partial charge in [0.25, 0.3) is 0 Å². The molecule has 4 heteroatoms. The molecule has 0 amide bonds. The van der Waals surface area contributed by atoms with E-state index in [9.17, 15) is 0 Å². The Labute approximate surface area is 129 Å². The zero-order valence-corrected chi connectivity index (χ0v) is 13.8. The number of likely N-dealkylation sites (N-methyl/N-ethyl adjacent to an activating group) is 1. The van der Waals surface area contributed by atoms with Crippen molar-refractivity contribution in [3.8, 4) is 5.75 Å². The van der Waals surface area contributed by atoms with Crippen LogP contribution in [0.1, 0.15) is 24.4 Å². The van der Waals surface area contributed by atoms with Gasteiger partial charge in [-0.05, 0) is 53.1 Å². The number of likely N-dealkylation sites (tertiary alicyclic amines) is 1. The van der Waals surface area contributed by atoms with Gasteiger partial charge in [-0.1, -0.05) is 18.2 Å². The number of hydrogen-bond acceptors (Lipinski definition) is 4. The fourth-order valence-electron chi connectivity index (χ4n) is 3.18. The van der Waals surface area contributed by atoms with Crippen molar-refractivity contribution >= 4 is 0 Å². The maximum atomic E-state index is 5.50. The summed E-state index contributed by atoms with van der Waals surface area (Å²) in [5, 5.41) is 3.44. The number of piperidine rings is 1. The molecule has 4 nitrogen and oxygen atoms in total. The lowest BCUT2D eigenvalue weighted by Gasteiger charge is -2.37. The Morgan fingerprint density at radius 3 is 2.52 bits per heavy atom. The molecule has 0 radical (unpaired) electrons. The normalized spacial score (nSPS) is 18.9. The van der Waals surface area contributed by atoms with Crippen LogP contribution in [-0.2, 0) is 0 Å². The summed E-state index contributed by atoms with van der Waals surface area (Å²) in [7, 11) is 8.15. The summed E-state index contributed by atoms with van der Waals surface area (Å²) in [6.07, 6.45) is 2.52. The van der Waals surface area contributed by atoms with Crippen LogP contribution < -0.4 is 10.1 Å². The number of hydrogen-bond donors (Lipinski definition) is 1. The van der Waals surface area contributed by atoms with E-state index in [-0.39, 0.29) is 0 Å². The van der Waals surface area contributed by atoms with Crippen LogP contribution in [0.3, 0.4) is 0 Å². The highest BCUT2D eigenvalue weighted by atomic mass is 16.5. The van der Waals surface area contributed by atoms with Crippen LogP contribution in [0.5, 0.6) is 5.75 Å². The smallest absolute Gasteiger partial charge is 0.123 e. The van der Waals surface area contributed by atoms with Gasteiger partial charge in [-0.25, -0.2) is 0 Å². The molecular weight excluding hydrogens is 262 g/mol. The predicted octanol–water partition coefficient (Wildman–Crippen LogP) is 1.98. The first-order valence-electron chi connectivity index (χ1n) is 7.84. The van der Waals surface area contributed by atoms with E-state index < -0.39 is 0 Å². The van der Waals surface area contributed by atoms with Gasteiger partial charge in [-0.2, -0.15) is 0 Å². The zero-order valence-electron chi connectivity index (χ0n) is 13.8. The molecule has 0 aliphatic carbocycles. The number of methoxy groups -OCH3 is 1. The summed E-state index contributed by atoms with van der Waals surface area (Å²) in [6.45, 7) is 3.39. The highest BCUT2D eigenvalue weighted by Crippen LogP contribution is 2.26. The van der Waals surface area contributed by atoms with Crippen molar-refractivity contribution in [3.63, 3.8) is 0 Å². The summed E-state index contributed by atoms with van der Waals surface area (Å²) in [4.78, 5) is 4.92. The van der Waals surface area contributed by atoms with Crippen molar-refractivity contribution < 1.29 is 4.74 Å². The summed E-state index contributed by atoms with van der Waals surface area (Å²) < 4.78 is 5.50. The Kier molecular flexibility index (Phi) is 6.03. The Morgan fingerprint density at radius 1 is 1.29 bits per heavy atom. The minimum absolute atomic E-state index is 0.317. The maximum absolute atomic E-state index is 5.50. The first kappa shape index (κ1) is 16.3. The second-order valence-electron chi connectivity index (χ2n) is 6.08. The molecule has 1 atom stereocenters. The van der Waals surface area contributed by atoms with Crippen molar-refractivity contribution in [2.75, 3.05) is 47.9 Å². The number of rotatable bonds is 6. The van der Waals surface area contributed by atoms with Crippen LogP contribution >= 0.6 is 0 Å². The molecule has 1 fully saturated rings. The Morgan fingerprint density at radius 2 is 1.95 bits per heavy atom. The molecule has 1 saturated heterocycles. The summed E-state index contributed by atoms with van der Waals surface area (Å²) in [6, 6.07) is 9.36. The SMILES string of the molecule is CNC(CN1CCC(N(C)C)CC1)c1ccccc1OC. The highest BCUT2D eigenvalue weighted by Gasteiger charge is 2.23. The lowest BCUT2D eigenvalue weighted by molar-refractivity contribution is 0.136. The molecule has 1 aromatic rings. The average molecular weight is 291 g/mol. The molecule has 0 bridgehead atoms. The van der Waals surface area contributed by atoms with Gasteiger partial charge in [0.1, 0.15) is 5.75 Å². The van der Waals surface area contributed by atoms with Gasteiger partial charge in [-0.3, -0.25) is 0 Å². The van der Waals surface area contributed by atoms with Crippen LogP contribution in [0.2, 0.25) is 0 Å². The minimum Gasteiger partial charge on any atom is -0.496 e. The van der Waals surface area contributed by atoms with E-state index in [0.29, 0.717) is 6.04 Å². The third-order valence-corrected chi connectivity index (χ3v) is 4.59. The van der Waals surface area contributed by atoms with Crippen molar-refractivity contribution in [2.24, 2.45) is 0 Å². The minimum atomic E-state index is 0.317. The van der Waals surface area contributed by atoms with Crippen LogP contribution in [0, 0.1) is 0 Å². The van der Waals surface area contributed by atoms with Gasteiger partial charge in [0.15, 0.2) is 0 Å². The quantitative estimate of drug-likeness (QED) is 0.867. The van der Waals surface area contributed by atoms with Crippen molar-refractivity contribution in [2.45, 2.75) is 24.9 Å². The standard InChI is InChI=1S/C17H29N3O/c1-18-16(15-7-5-6-8-17(15)21-4)13-20-11-9-14(10-12-20)19(2)3/h5-8,14,16,18H,9-13H2,1-4H3. The number of para-hydroxylation sites is 1. The second kappa shape index (κ2) is 7.78. The van der Waals surface area contributed by atoms with Crippen molar-refractivity contribution in [1.29, 1.82) is 0 Å². The van der Waals surface area contributed by atoms with Crippen molar-refractivity contribution in [1.82, 2.24) is 15.1 Å². The third kappa shape index (κ3) is 4.19. The lowest BCUT2D eigenvalue weighted by Crippen LogP contribution is -2.44. The van der Waals surface area contributed by atoms with E-state index in [1.807, 2.05) is 19.2 Å². The lowest BCUT2D eigenvalue weighted by atomic mass is 10.0. The summed E-state index contributed by atoms with van der Waals surface area (Å²) >= 11 is 0. The van der Waals surface area contributed by atoms with Crippen LogP contribution in [0.15, 0.2) is 24.3 Å². The predicted molar refractivity (Wildman–Crippen MR) is 87.9 cm³/mol. The van der Waals surface area contributed by atoms with E-state index in [2.05, 4.69) is 41.3 Å². The van der Waals surface area contributed by atoms with Gasteiger partial charge in [-0.15, -0.1) is 0 Å². The first-order chi connectivity index (χ1) is 10.2. The molecule has 1 heterocycles. The average Bonchev–Trinajstić information content (AvgIpc) is 2.53. The molecule has 1 unspecified atom stereocenters. The number of nitrogens with zero attached hydrogens (tertiary/aromatic N) is 2. The monoisotopic (exact) mass is 291 g/mol. The number of benzene rings is 1. The van der Waals surface area contributed by atoms with E-state index in [1.165, 1.54) is 31.5 Å². The molecule has 1 aliphatic rings. The first-order valence-corrected chi connectivity index (χ1v) is 7.84. The third-order valence-electron chi connectivity index (χ3n) is 4.59. The number of ether oxygens (including phenoxy) is 1. The Hall–Kier alpha value is -1.10. The maximum Gasteiger partial charge on any atom is 0.123 e. The Bertz CT molecular complexity index is 428. The van der Waals surface area contributed by atoms with Crippen molar-refractivity contribution in [3.05, 3.63) is 29.8 Å². The van der Waals surface area contributed by atoms with E-state index in [0.717, 1.165) is 18.3 Å². The Balaban J connectivity index is 1.97. The van der Waals surface area contributed by atoms with Crippen LogP contribution in [0.25, 0.3) is 0 Å². The topological polar surface area (TPSA) is 27.7 Å². The zero-order chi connectivity index (χ0) is 15.2. The molecule has 0 aromatic heterocycles. The fourth-order valence-corrected chi connectivity index (χ4v) is 3.18.